The van der Waals surface area contributed by atoms with Gasteiger partial charge in [-0.15, -0.1) is 12.4 Å². The predicted molar refractivity (Wildman–Crippen MR) is 48.0 cm³/mol. The van der Waals surface area contributed by atoms with Crippen LogP contribution in [-0.4, -0.2) is 30.2 Å². The lowest BCUT2D eigenvalue weighted by atomic mass is 9.99. The summed E-state index contributed by atoms with van der Waals surface area (Å²) in [6.45, 7) is 0.714. The topological polar surface area (TPSA) is 75.3 Å². The van der Waals surface area contributed by atoms with Crippen LogP contribution in [0, 0.1) is 5.92 Å². The van der Waals surface area contributed by atoms with Crippen LogP contribution in [0.2, 0.25) is 0 Å². The lowest BCUT2D eigenvalue weighted by molar-refractivity contribution is -0.122. The maximum atomic E-state index is 11.0. The molecule has 72 valence electrons. The van der Waals surface area contributed by atoms with Gasteiger partial charge in [-0.3, -0.25) is 4.79 Å². The lowest BCUT2D eigenvalue weighted by Gasteiger charge is -2.10. The third-order valence-electron chi connectivity index (χ3n) is 1.98. The fraction of sp³-hybridized carbons (Fsp3) is 0.857. The highest BCUT2D eigenvalue weighted by atomic mass is 35.5. The molecule has 0 aromatic carbocycles. The molecule has 12 heavy (non-hydrogen) atoms. The molecule has 0 aliphatic carbocycles. The molecule has 4 nitrogen and oxygen atoms in total. The van der Waals surface area contributed by atoms with Gasteiger partial charge in [-0.1, -0.05) is 0 Å². The molecule has 5 heteroatoms. The van der Waals surface area contributed by atoms with E-state index in [2.05, 4.69) is 5.32 Å². The van der Waals surface area contributed by atoms with E-state index in [1.54, 1.807) is 0 Å². The lowest BCUT2D eigenvalue weighted by Crippen LogP contribution is -2.30. The average Bonchev–Trinajstić information content (AvgIpc) is 2.37. The number of rotatable bonds is 3. The van der Waals surface area contributed by atoms with Crippen LogP contribution in [0.3, 0.4) is 0 Å². The van der Waals surface area contributed by atoms with Crippen molar-refractivity contribution < 1.29 is 9.90 Å². The monoisotopic (exact) mass is 194 g/mol. The van der Waals surface area contributed by atoms with Crippen molar-refractivity contribution in [1.29, 1.82) is 0 Å². The third kappa shape index (κ3) is 2.97. The summed E-state index contributed by atoms with van der Waals surface area (Å²) in [5.41, 5.74) is 5.48. The predicted octanol–water partition coefficient (Wildman–Crippen LogP) is -0.746. The van der Waals surface area contributed by atoms with E-state index < -0.39 is 0 Å². The van der Waals surface area contributed by atoms with Gasteiger partial charge in [0.2, 0.25) is 5.91 Å². The average molecular weight is 195 g/mol. The second kappa shape index (κ2) is 5.35. The third-order valence-corrected chi connectivity index (χ3v) is 1.98. The fourth-order valence-corrected chi connectivity index (χ4v) is 1.31. The van der Waals surface area contributed by atoms with Crippen LogP contribution in [0.1, 0.15) is 12.8 Å². The summed E-state index contributed by atoms with van der Waals surface area (Å²) in [7, 11) is 0. The highest BCUT2D eigenvalue weighted by molar-refractivity contribution is 5.85. The van der Waals surface area contributed by atoms with Crippen LogP contribution >= 0.6 is 12.4 Å². The van der Waals surface area contributed by atoms with Gasteiger partial charge in [0.15, 0.2) is 0 Å². The molecule has 1 aliphatic rings. The molecule has 0 bridgehead atoms. The van der Waals surface area contributed by atoms with E-state index in [0.29, 0.717) is 6.42 Å². The highest BCUT2D eigenvalue weighted by Crippen LogP contribution is 2.14. The van der Waals surface area contributed by atoms with E-state index in [1.807, 2.05) is 0 Å². The van der Waals surface area contributed by atoms with E-state index >= 15 is 0 Å². The second-order valence-corrected chi connectivity index (χ2v) is 2.95. The minimum Gasteiger partial charge on any atom is -0.395 e. The van der Waals surface area contributed by atoms with E-state index in [9.17, 15) is 4.79 Å². The minimum absolute atomic E-state index is 0. The number of amides is 1. The van der Waals surface area contributed by atoms with Crippen molar-refractivity contribution in [3.8, 4) is 0 Å². The number of halogens is 1. The van der Waals surface area contributed by atoms with Crippen molar-refractivity contribution in [2.24, 2.45) is 11.7 Å². The maximum Gasteiger partial charge on any atom is 0.223 e. The number of nitrogens with one attached hydrogen (secondary N) is 1. The molecule has 4 N–H and O–H groups in total. The number of carbonyl (C=O) groups is 1. The van der Waals surface area contributed by atoms with Crippen molar-refractivity contribution in [3.63, 3.8) is 0 Å². The van der Waals surface area contributed by atoms with Gasteiger partial charge in [0.1, 0.15) is 0 Å². The Hall–Kier alpha value is -0.320. The number of aliphatic hydroxyl groups is 1. The molecule has 1 rings (SSSR count). The van der Waals surface area contributed by atoms with Crippen molar-refractivity contribution >= 4 is 18.3 Å². The first-order valence-electron chi connectivity index (χ1n) is 3.88. The normalized spacial score (nSPS) is 24.5. The minimum atomic E-state index is -0.246. The zero-order valence-electron chi connectivity index (χ0n) is 6.82. The number of carbonyl (C=O) groups excluding carboxylic acids is 1. The van der Waals surface area contributed by atoms with Gasteiger partial charge in [-0.25, -0.2) is 0 Å². The standard InChI is InChI=1S/C7H14N2O2.ClH/c8-6(4-10)3-5-1-2-9-7(5)11;/h5-6,10H,1-4,8H2,(H,9,11);1H/t5-,6-;/m0./s1. The molecule has 0 aromatic rings. The van der Waals surface area contributed by atoms with Crippen molar-refractivity contribution in [3.05, 3.63) is 0 Å². The number of nitrogens with two attached hydrogens (primary N) is 1. The SMILES string of the molecule is Cl.N[C@H](CO)C[C@@H]1CCNC1=O. The van der Waals surface area contributed by atoms with Gasteiger partial charge in [0, 0.05) is 18.5 Å². The molecule has 0 spiro atoms. The Morgan fingerprint density at radius 2 is 2.42 bits per heavy atom. The molecule has 1 fully saturated rings. The summed E-state index contributed by atoms with van der Waals surface area (Å²) in [6, 6.07) is -0.246. The maximum absolute atomic E-state index is 11.0. The largest absolute Gasteiger partial charge is 0.395 e. The van der Waals surface area contributed by atoms with Gasteiger partial charge in [0.05, 0.1) is 6.61 Å². The fourth-order valence-electron chi connectivity index (χ4n) is 1.31. The number of hydrogen-bond acceptors (Lipinski definition) is 3. The van der Waals surface area contributed by atoms with Gasteiger partial charge in [-0.05, 0) is 12.8 Å². The molecular weight excluding hydrogens is 180 g/mol. The van der Waals surface area contributed by atoms with Crippen LogP contribution < -0.4 is 11.1 Å². The summed E-state index contributed by atoms with van der Waals surface area (Å²) in [5.74, 6) is 0.103. The van der Waals surface area contributed by atoms with Crippen molar-refractivity contribution in [2.75, 3.05) is 13.2 Å². The van der Waals surface area contributed by atoms with Crippen molar-refractivity contribution in [2.45, 2.75) is 18.9 Å². The quantitative estimate of drug-likeness (QED) is 0.554. The van der Waals surface area contributed by atoms with E-state index in [4.69, 9.17) is 10.8 Å². The zero-order chi connectivity index (χ0) is 8.27. The van der Waals surface area contributed by atoms with Gasteiger partial charge in [0.25, 0.3) is 0 Å². The number of hydrogen-bond donors (Lipinski definition) is 3. The van der Waals surface area contributed by atoms with Crippen LogP contribution in [-0.2, 0) is 4.79 Å². The molecule has 1 amide bonds. The first-order chi connectivity index (χ1) is 5.24. The van der Waals surface area contributed by atoms with Gasteiger partial charge < -0.3 is 16.2 Å². The highest BCUT2D eigenvalue weighted by Gasteiger charge is 2.25. The molecule has 0 saturated carbocycles. The smallest absolute Gasteiger partial charge is 0.223 e. The summed E-state index contributed by atoms with van der Waals surface area (Å²) in [4.78, 5) is 11.0. The summed E-state index contributed by atoms with van der Waals surface area (Å²) >= 11 is 0. The van der Waals surface area contributed by atoms with Crippen LogP contribution in [0.15, 0.2) is 0 Å². The summed E-state index contributed by atoms with van der Waals surface area (Å²) < 4.78 is 0. The Morgan fingerprint density at radius 3 is 2.83 bits per heavy atom. The Kier molecular flexibility index (Phi) is 5.20. The molecule has 0 aromatic heterocycles. The van der Waals surface area contributed by atoms with E-state index in [0.717, 1.165) is 13.0 Å². The summed E-state index contributed by atoms with van der Waals surface area (Å²) in [5, 5.41) is 11.3. The van der Waals surface area contributed by atoms with E-state index in [-0.39, 0.29) is 36.9 Å². The first kappa shape index (κ1) is 11.7. The Balaban J connectivity index is 0.00000121. The molecule has 1 aliphatic heterocycles. The number of aliphatic hydroxyl groups excluding tert-OH is 1. The molecule has 1 heterocycles. The van der Waals surface area contributed by atoms with Crippen molar-refractivity contribution in [1.82, 2.24) is 5.32 Å². The Morgan fingerprint density at radius 1 is 1.75 bits per heavy atom. The van der Waals surface area contributed by atoms with E-state index in [1.165, 1.54) is 0 Å². The first-order valence-corrected chi connectivity index (χ1v) is 3.88. The molecule has 0 unspecified atom stereocenters. The molecular formula is C7H15ClN2O2. The van der Waals surface area contributed by atoms with Crippen LogP contribution in [0.25, 0.3) is 0 Å². The van der Waals surface area contributed by atoms with Gasteiger partial charge >= 0.3 is 0 Å². The summed E-state index contributed by atoms with van der Waals surface area (Å²) in [6.07, 6.45) is 1.45. The van der Waals surface area contributed by atoms with Gasteiger partial charge in [-0.2, -0.15) is 0 Å². The molecule has 1 saturated heterocycles. The molecule has 2 atom stereocenters. The molecule has 0 radical (unpaired) electrons. The zero-order valence-corrected chi connectivity index (χ0v) is 7.64. The van der Waals surface area contributed by atoms with Crippen LogP contribution in [0.5, 0.6) is 0 Å². The second-order valence-electron chi connectivity index (χ2n) is 2.95. The Labute approximate surface area is 77.9 Å². The van der Waals surface area contributed by atoms with Crippen LogP contribution in [0.4, 0.5) is 0 Å². The Bertz CT molecular complexity index is 154.